The molecule has 0 bridgehead atoms. The first kappa shape index (κ1) is 16.9. The first-order valence-corrected chi connectivity index (χ1v) is 7.07. The number of amides is 2. The molecule has 0 aliphatic carbocycles. The van der Waals surface area contributed by atoms with Crippen molar-refractivity contribution in [3.63, 3.8) is 0 Å². The van der Waals surface area contributed by atoms with E-state index in [2.05, 4.69) is 10.4 Å². The second-order valence-corrected chi connectivity index (χ2v) is 5.06. The lowest BCUT2D eigenvalue weighted by atomic mass is 10.2. The molecule has 0 saturated carbocycles. The number of hydrazone groups is 1. The summed E-state index contributed by atoms with van der Waals surface area (Å²) >= 11 is 11.7. The topological polar surface area (TPSA) is 70.6 Å². The average Bonchev–Trinajstić information content (AvgIpc) is 2.53. The standard InChI is InChI=1S/C15H10Cl2FN3O2/c16-10-5-3-7-12(13(10)17)20-14(22)15(23)21-19-8-9-4-1-2-6-11(9)18/h1-8H,(H,20,22)(H,21,23)/b19-8+. The van der Waals surface area contributed by atoms with Crippen LogP contribution in [-0.4, -0.2) is 18.0 Å². The van der Waals surface area contributed by atoms with Gasteiger partial charge in [0.2, 0.25) is 0 Å². The highest BCUT2D eigenvalue weighted by Crippen LogP contribution is 2.29. The van der Waals surface area contributed by atoms with Crippen LogP contribution in [0.2, 0.25) is 10.0 Å². The smallest absolute Gasteiger partial charge is 0.316 e. The minimum absolute atomic E-state index is 0.116. The third-order valence-corrected chi connectivity index (χ3v) is 3.50. The molecular formula is C15H10Cl2FN3O2. The van der Waals surface area contributed by atoms with Crippen LogP contribution in [0, 0.1) is 5.82 Å². The van der Waals surface area contributed by atoms with E-state index in [0.717, 1.165) is 6.21 Å². The van der Waals surface area contributed by atoms with Gasteiger partial charge in [-0.15, -0.1) is 0 Å². The van der Waals surface area contributed by atoms with Gasteiger partial charge in [-0.05, 0) is 18.2 Å². The van der Waals surface area contributed by atoms with E-state index < -0.39 is 17.6 Å². The van der Waals surface area contributed by atoms with Crippen LogP contribution < -0.4 is 10.7 Å². The molecule has 0 fully saturated rings. The molecule has 0 aromatic heterocycles. The number of nitrogens with zero attached hydrogens (tertiary/aromatic N) is 1. The highest BCUT2D eigenvalue weighted by Gasteiger charge is 2.15. The van der Waals surface area contributed by atoms with Gasteiger partial charge in [0.05, 0.1) is 21.9 Å². The van der Waals surface area contributed by atoms with Crippen molar-refractivity contribution >= 4 is 46.9 Å². The highest BCUT2D eigenvalue weighted by molar-refractivity contribution is 6.45. The average molecular weight is 354 g/mol. The highest BCUT2D eigenvalue weighted by atomic mass is 35.5. The van der Waals surface area contributed by atoms with Gasteiger partial charge in [-0.25, -0.2) is 9.82 Å². The van der Waals surface area contributed by atoms with Crippen LogP contribution in [-0.2, 0) is 9.59 Å². The lowest BCUT2D eigenvalue weighted by molar-refractivity contribution is -0.136. The van der Waals surface area contributed by atoms with E-state index in [1.807, 2.05) is 5.43 Å². The molecule has 2 N–H and O–H groups in total. The molecular weight excluding hydrogens is 344 g/mol. The lowest BCUT2D eigenvalue weighted by Crippen LogP contribution is -2.32. The van der Waals surface area contributed by atoms with E-state index in [-0.39, 0.29) is 21.3 Å². The summed E-state index contributed by atoms with van der Waals surface area (Å²) in [6.07, 6.45) is 1.09. The zero-order valence-corrected chi connectivity index (χ0v) is 13.0. The van der Waals surface area contributed by atoms with Crippen molar-refractivity contribution in [2.75, 3.05) is 5.32 Å². The molecule has 0 unspecified atom stereocenters. The molecule has 0 radical (unpaired) electrons. The van der Waals surface area contributed by atoms with Gasteiger partial charge in [-0.3, -0.25) is 9.59 Å². The normalized spacial score (nSPS) is 10.6. The predicted molar refractivity (Wildman–Crippen MR) is 87.2 cm³/mol. The fourth-order valence-electron chi connectivity index (χ4n) is 1.57. The molecule has 0 heterocycles. The Hall–Kier alpha value is -2.44. The summed E-state index contributed by atoms with van der Waals surface area (Å²) < 4.78 is 13.3. The van der Waals surface area contributed by atoms with Gasteiger partial charge in [-0.2, -0.15) is 5.10 Å². The van der Waals surface area contributed by atoms with E-state index in [1.54, 1.807) is 12.1 Å². The first-order valence-electron chi connectivity index (χ1n) is 6.32. The predicted octanol–water partition coefficient (Wildman–Crippen LogP) is 3.22. The molecule has 5 nitrogen and oxygen atoms in total. The monoisotopic (exact) mass is 353 g/mol. The Bertz CT molecular complexity index is 781. The Morgan fingerprint density at radius 2 is 1.78 bits per heavy atom. The molecule has 8 heteroatoms. The van der Waals surface area contributed by atoms with Crippen LogP contribution in [0.15, 0.2) is 47.6 Å². The molecule has 0 spiro atoms. The zero-order chi connectivity index (χ0) is 16.8. The maximum atomic E-state index is 13.3. The maximum absolute atomic E-state index is 13.3. The minimum atomic E-state index is -1.03. The molecule has 118 valence electrons. The summed E-state index contributed by atoms with van der Waals surface area (Å²) in [5.74, 6) is -2.52. The van der Waals surface area contributed by atoms with Crippen molar-refractivity contribution in [2.45, 2.75) is 0 Å². The molecule has 2 aromatic rings. The Balaban J connectivity index is 1.97. The second kappa shape index (κ2) is 7.71. The van der Waals surface area contributed by atoms with Crippen molar-refractivity contribution in [3.8, 4) is 0 Å². The van der Waals surface area contributed by atoms with Crippen LogP contribution in [0.4, 0.5) is 10.1 Å². The Morgan fingerprint density at radius 3 is 2.52 bits per heavy atom. The Kier molecular flexibility index (Phi) is 5.67. The fraction of sp³-hybridized carbons (Fsp3) is 0. The number of anilines is 1. The molecule has 23 heavy (non-hydrogen) atoms. The number of nitrogens with one attached hydrogen (secondary N) is 2. The Morgan fingerprint density at radius 1 is 1.04 bits per heavy atom. The van der Waals surface area contributed by atoms with Crippen molar-refractivity contribution in [1.29, 1.82) is 0 Å². The SMILES string of the molecule is O=C(N/N=C/c1ccccc1F)C(=O)Nc1cccc(Cl)c1Cl. The van der Waals surface area contributed by atoms with Crippen molar-refractivity contribution in [2.24, 2.45) is 5.10 Å². The van der Waals surface area contributed by atoms with Crippen molar-refractivity contribution in [3.05, 3.63) is 63.9 Å². The molecule has 0 atom stereocenters. The fourth-order valence-corrected chi connectivity index (χ4v) is 1.92. The summed E-state index contributed by atoms with van der Waals surface area (Å²) in [6.45, 7) is 0. The van der Waals surface area contributed by atoms with Gasteiger partial charge in [0.25, 0.3) is 0 Å². The van der Waals surface area contributed by atoms with Gasteiger partial charge in [0.15, 0.2) is 0 Å². The maximum Gasteiger partial charge on any atom is 0.329 e. The summed E-state index contributed by atoms with van der Waals surface area (Å²) in [7, 11) is 0. The molecule has 2 amide bonds. The van der Waals surface area contributed by atoms with Gasteiger partial charge in [-0.1, -0.05) is 47.5 Å². The quantitative estimate of drug-likeness (QED) is 0.505. The van der Waals surface area contributed by atoms with E-state index in [1.165, 1.54) is 30.3 Å². The van der Waals surface area contributed by atoms with E-state index in [4.69, 9.17) is 23.2 Å². The number of carbonyl (C=O) groups excluding carboxylic acids is 2. The number of carbonyl (C=O) groups is 2. The van der Waals surface area contributed by atoms with Crippen LogP contribution in [0.25, 0.3) is 0 Å². The van der Waals surface area contributed by atoms with Gasteiger partial charge in [0, 0.05) is 5.56 Å². The lowest BCUT2D eigenvalue weighted by Gasteiger charge is -2.06. The van der Waals surface area contributed by atoms with Crippen LogP contribution >= 0.6 is 23.2 Å². The summed E-state index contributed by atoms with van der Waals surface area (Å²) in [4.78, 5) is 23.3. The number of benzene rings is 2. The molecule has 2 aromatic carbocycles. The number of rotatable bonds is 3. The van der Waals surface area contributed by atoms with E-state index in [9.17, 15) is 14.0 Å². The number of halogens is 3. The van der Waals surface area contributed by atoms with Gasteiger partial charge < -0.3 is 5.32 Å². The third kappa shape index (κ3) is 4.51. The summed E-state index contributed by atoms with van der Waals surface area (Å²) in [6, 6.07) is 10.4. The molecule has 0 saturated heterocycles. The number of hydrogen-bond acceptors (Lipinski definition) is 3. The van der Waals surface area contributed by atoms with Crippen LogP contribution in [0.5, 0.6) is 0 Å². The van der Waals surface area contributed by atoms with Crippen molar-refractivity contribution < 1.29 is 14.0 Å². The largest absolute Gasteiger partial charge is 0.329 e. The molecule has 0 aliphatic rings. The third-order valence-electron chi connectivity index (χ3n) is 2.68. The Labute approximate surface area is 141 Å². The first-order chi connectivity index (χ1) is 11.0. The second-order valence-electron chi connectivity index (χ2n) is 4.28. The number of hydrogen-bond donors (Lipinski definition) is 2. The van der Waals surface area contributed by atoms with Crippen molar-refractivity contribution in [1.82, 2.24) is 5.43 Å². The van der Waals surface area contributed by atoms with E-state index >= 15 is 0 Å². The van der Waals surface area contributed by atoms with Gasteiger partial charge >= 0.3 is 11.8 Å². The minimum Gasteiger partial charge on any atom is -0.316 e. The van der Waals surface area contributed by atoms with Gasteiger partial charge in [0.1, 0.15) is 5.82 Å². The van der Waals surface area contributed by atoms with Crippen LogP contribution in [0.3, 0.4) is 0 Å². The van der Waals surface area contributed by atoms with Crippen LogP contribution in [0.1, 0.15) is 5.56 Å². The molecule has 0 aliphatic heterocycles. The summed E-state index contributed by atoms with van der Waals surface area (Å²) in [5, 5.41) is 6.17. The zero-order valence-electron chi connectivity index (χ0n) is 11.5. The molecule has 2 rings (SSSR count). The summed E-state index contributed by atoms with van der Waals surface area (Å²) in [5.41, 5.74) is 2.35. The van der Waals surface area contributed by atoms with E-state index in [0.29, 0.717) is 0 Å².